The van der Waals surface area contributed by atoms with Gasteiger partial charge in [0.15, 0.2) is 0 Å². The number of hydrogen-bond acceptors (Lipinski definition) is 6. The summed E-state index contributed by atoms with van der Waals surface area (Å²) in [5, 5.41) is 0. The Labute approximate surface area is 148 Å². The Morgan fingerprint density at radius 2 is 1.48 bits per heavy atom. The minimum atomic E-state index is -0.476. The summed E-state index contributed by atoms with van der Waals surface area (Å²) in [6.45, 7) is 1.31. The first-order valence-electron chi connectivity index (χ1n) is 9.82. The van der Waals surface area contributed by atoms with E-state index in [0.29, 0.717) is 25.6 Å². The number of hydrogen-bond donors (Lipinski definition) is 0. The Hall–Kier alpha value is -1.14. The van der Waals surface area contributed by atoms with Crippen molar-refractivity contribution < 1.29 is 28.5 Å². The SMILES string of the molecule is O=C(OC1CCCCO1)C1CCC2CC2(C(=O)OC2CCCCO2)C1. The Morgan fingerprint density at radius 1 is 0.800 bits per heavy atom. The van der Waals surface area contributed by atoms with E-state index in [4.69, 9.17) is 18.9 Å². The molecule has 25 heavy (non-hydrogen) atoms. The molecular formula is C19H28O6. The van der Waals surface area contributed by atoms with Crippen molar-refractivity contribution in [3.05, 3.63) is 0 Å². The van der Waals surface area contributed by atoms with Crippen molar-refractivity contribution >= 4 is 11.9 Å². The summed E-state index contributed by atoms with van der Waals surface area (Å²) in [7, 11) is 0. The molecule has 0 spiro atoms. The van der Waals surface area contributed by atoms with E-state index in [1.165, 1.54) is 0 Å². The van der Waals surface area contributed by atoms with Gasteiger partial charge in [-0.3, -0.25) is 9.59 Å². The van der Waals surface area contributed by atoms with Crippen LogP contribution < -0.4 is 0 Å². The summed E-state index contributed by atoms with van der Waals surface area (Å²) in [5.74, 6) is -0.239. The predicted octanol–water partition coefficient (Wildman–Crippen LogP) is 2.93. The zero-order chi connectivity index (χ0) is 17.3. The first-order chi connectivity index (χ1) is 12.2. The van der Waals surface area contributed by atoms with Crippen LogP contribution in [0.4, 0.5) is 0 Å². The monoisotopic (exact) mass is 352 g/mol. The zero-order valence-electron chi connectivity index (χ0n) is 14.7. The molecule has 0 aromatic carbocycles. The lowest BCUT2D eigenvalue weighted by molar-refractivity contribution is -0.198. The molecule has 2 aliphatic heterocycles. The highest BCUT2D eigenvalue weighted by Crippen LogP contribution is 2.63. The van der Waals surface area contributed by atoms with E-state index >= 15 is 0 Å². The predicted molar refractivity (Wildman–Crippen MR) is 87.2 cm³/mol. The van der Waals surface area contributed by atoms with Gasteiger partial charge in [0, 0.05) is 12.8 Å². The maximum Gasteiger partial charge on any atom is 0.314 e. The van der Waals surface area contributed by atoms with Crippen LogP contribution >= 0.6 is 0 Å². The van der Waals surface area contributed by atoms with Crippen LogP contribution in [-0.4, -0.2) is 37.7 Å². The molecule has 4 rings (SSSR count). The topological polar surface area (TPSA) is 71.1 Å². The number of carbonyl (C=O) groups excluding carboxylic acids is 2. The smallest absolute Gasteiger partial charge is 0.314 e. The lowest BCUT2D eigenvalue weighted by atomic mass is 9.81. The van der Waals surface area contributed by atoms with Gasteiger partial charge in [0.2, 0.25) is 12.6 Å². The molecule has 5 atom stereocenters. The third-order valence-corrected chi connectivity index (χ3v) is 6.21. The van der Waals surface area contributed by atoms with Gasteiger partial charge in [-0.1, -0.05) is 0 Å². The van der Waals surface area contributed by atoms with Crippen molar-refractivity contribution in [3.8, 4) is 0 Å². The van der Waals surface area contributed by atoms with E-state index in [2.05, 4.69) is 0 Å². The molecule has 5 unspecified atom stereocenters. The van der Waals surface area contributed by atoms with Crippen molar-refractivity contribution in [2.45, 2.75) is 76.8 Å². The minimum absolute atomic E-state index is 0.171. The highest BCUT2D eigenvalue weighted by molar-refractivity contribution is 5.83. The number of ether oxygens (including phenoxy) is 4. The summed E-state index contributed by atoms with van der Waals surface area (Å²) in [6.07, 6.45) is 7.93. The van der Waals surface area contributed by atoms with Crippen molar-refractivity contribution in [2.75, 3.05) is 13.2 Å². The van der Waals surface area contributed by atoms with Gasteiger partial charge in [-0.15, -0.1) is 0 Å². The van der Waals surface area contributed by atoms with Gasteiger partial charge in [0.1, 0.15) is 0 Å². The van der Waals surface area contributed by atoms with Crippen molar-refractivity contribution in [1.29, 1.82) is 0 Å². The van der Waals surface area contributed by atoms with Gasteiger partial charge >= 0.3 is 11.9 Å². The largest absolute Gasteiger partial charge is 0.436 e. The lowest BCUT2D eigenvalue weighted by Crippen LogP contribution is -2.36. The van der Waals surface area contributed by atoms with E-state index in [1.54, 1.807) is 0 Å². The third kappa shape index (κ3) is 3.70. The summed E-state index contributed by atoms with van der Waals surface area (Å²) >= 11 is 0. The van der Waals surface area contributed by atoms with Crippen LogP contribution in [0, 0.1) is 17.3 Å². The van der Waals surface area contributed by atoms with E-state index in [1.807, 2.05) is 0 Å². The van der Waals surface area contributed by atoms with Gasteiger partial charge in [-0.25, -0.2) is 0 Å². The Balaban J connectivity index is 1.32. The Bertz CT molecular complexity index is 508. The van der Waals surface area contributed by atoms with Crippen LogP contribution in [-0.2, 0) is 28.5 Å². The molecule has 0 amide bonds. The molecule has 2 heterocycles. The molecule has 0 radical (unpaired) electrons. The van der Waals surface area contributed by atoms with Gasteiger partial charge < -0.3 is 18.9 Å². The molecule has 2 saturated heterocycles. The highest BCUT2D eigenvalue weighted by Gasteiger charge is 2.64. The molecule has 0 aromatic heterocycles. The van der Waals surface area contributed by atoms with Crippen LogP contribution in [0.5, 0.6) is 0 Å². The molecule has 6 nitrogen and oxygen atoms in total. The highest BCUT2D eigenvalue weighted by atomic mass is 16.7. The molecule has 0 aromatic rings. The maximum atomic E-state index is 12.7. The number of rotatable bonds is 4. The number of fused-ring (bicyclic) bond motifs is 1. The molecule has 0 bridgehead atoms. The molecule has 4 fully saturated rings. The fourth-order valence-corrected chi connectivity index (χ4v) is 4.56. The van der Waals surface area contributed by atoms with E-state index in [0.717, 1.165) is 57.8 Å². The molecule has 2 saturated carbocycles. The van der Waals surface area contributed by atoms with Gasteiger partial charge in [0.25, 0.3) is 0 Å². The molecule has 2 aliphatic carbocycles. The van der Waals surface area contributed by atoms with Gasteiger partial charge in [-0.2, -0.15) is 0 Å². The number of esters is 2. The Kier molecular flexibility index (Phi) is 5.00. The van der Waals surface area contributed by atoms with Crippen LogP contribution in [0.3, 0.4) is 0 Å². The zero-order valence-corrected chi connectivity index (χ0v) is 14.7. The summed E-state index contributed by atoms with van der Waals surface area (Å²) in [4.78, 5) is 25.2. The first kappa shape index (κ1) is 17.3. The summed E-state index contributed by atoms with van der Waals surface area (Å²) in [5.41, 5.74) is -0.476. The van der Waals surface area contributed by atoms with Gasteiger partial charge in [-0.05, 0) is 57.3 Å². The fourth-order valence-electron chi connectivity index (χ4n) is 4.56. The second-order valence-corrected chi connectivity index (χ2v) is 7.97. The van der Waals surface area contributed by atoms with E-state index in [9.17, 15) is 9.59 Å². The maximum absolute atomic E-state index is 12.7. The molecule has 6 heteroatoms. The van der Waals surface area contributed by atoms with Crippen molar-refractivity contribution in [1.82, 2.24) is 0 Å². The fraction of sp³-hybridized carbons (Fsp3) is 0.895. The van der Waals surface area contributed by atoms with Crippen molar-refractivity contribution in [2.24, 2.45) is 17.3 Å². The van der Waals surface area contributed by atoms with E-state index in [-0.39, 0.29) is 17.9 Å². The van der Waals surface area contributed by atoms with Crippen LogP contribution in [0.25, 0.3) is 0 Å². The minimum Gasteiger partial charge on any atom is -0.436 e. The first-order valence-corrected chi connectivity index (χ1v) is 9.82. The molecule has 0 N–H and O–H groups in total. The normalized spacial score (nSPS) is 40.6. The lowest BCUT2D eigenvalue weighted by Gasteiger charge is -2.30. The molecule has 140 valence electrons. The Morgan fingerprint density at radius 3 is 2.12 bits per heavy atom. The number of carbonyl (C=O) groups is 2. The average Bonchev–Trinajstić information content (AvgIpc) is 3.38. The van der Waals surface area contributed by atoms with Crippen molar-refractivity contribution in [3.63, 3.8) is 0 Å². The summed E-state index contributed by atoms with van der Waals surface area (Å²) < 4.78 is 22.2. The third-order valence-electron chi connectivity index (χ3n) is 6.21. The standard InChI is InChI=1S/C19H28O6/c20-17(24-15-5-1-3-9-22-15)13-7-8-14-12-19(14,11-13)18(21)25-16-6-2-4-10-23-16/h13-16H,1-12H2. The van der Waals surface area contributed by atoms with Crippen LogP contribution in [0.1, 0.15) is 64.2 Å². The van der Waals surface area contributed by atoms with Crippen LogP contribution in [0.15, 0.2) is 0 Å². The molecular weight excluding hydrogens is 324 g/mol. The molecule has 4 aliphatic rings. The average molecular weight is 352 g/mol. The van der Waals surface area contributed by atoms with Gasteiger partial charge in [0.05, 0.1) is 24.5 Å². The van der Waals surface area contributed by atoms with Crippen LogP contribution in [0.2, 0.25) is 0 Å². The second-order valence-electron chi connectivity index (χ2n) is 7.97. The summed E-state index contributed by atoms with van der Waals surface area (Å²) in [6, 6.07) is 0. The quantitative estimate of drug-likeness (QED) is 0.725. The second kappa shape index (κ2) is 7.23. The van der Waals surface area contributed by atoms with E-state index < -0.39 is 18.0 Å².